The van der Waals surface area contributed by atoms with Gasteiger partial charge in [-0.25, -0.2) is 13.9 Å². The van der Waals surface area contributed by atoms with Crippen molar-refractivity contribution < 1.29 is 13.9 Å². The SMILES string of the molecule is C=CC(N)=O.COc1nn(C)cc1Nc1nc(N2CCC(F)C2)nn2c(C)cnc12. The first-order valence-corrected chi connectivity index (χ1v) is 9.20. The van der Waals surface area contributed by atoms with Gasteiger partial charge in [0.2, 0.25) is 11.9 Å². The van der Waals surface area contributed by atoms with Gasteiger partial charge in [-0.05, 0) is 19.4 Å². The fourth-order valence-electron chi connectivity index (χ4n) is 2.93. The van der Waals surface area contributed by atoms with Gasteiger partial charge in [-0.15, -0.1) is 10.2 Å². The number of carbonyl (C=O) groups is 1. The van der Waals surface area contributed by atoms with Gasteiger partial charge in [0.25, 0.3) is 5.88 Å². The smallest absolute Gasteiger partial charge is 0.256 e. The lowest BCUT2D eigenvalue weighted by atomic mass is 10.3. The lowest BCUT2D eigenvalue weighted by molar-refractivity contribution is -0.113. The maximum atomic E-state index is 13.6. The molecule has 0 radical (unpaired) electrons. The Balaban J connectivity index is 0.000000461. The number of halogens is 1. The fraction of sp³-hybridized carbons (Fsp3) is 0.389. The van der Waals surface area contributed by atoms with Gasteiger partial charge in [-0.2, -0.15) is 4.98 Å². The van der Waals surface area contributed by atoms with Crippen LogP contribution in [0.4, 0.5) is 21.8 Å². The molecule has 0 saturated carbocycles. The van der Waals surface area contributed by atoms with Crippen LogP contribution in [0.2, 0.25) is 0 Å². The zero-order valence-corrected chi connectivity index (χ0v) is 17.0. The quantitative estimate of drug-likeness (QED) is 0.591. The van der Waals surface area contributed by atoms with Gasteiger partial charge in [0, 0.05) is 13.6 Å². The number of aromatic nitrogens is 6. The highest BCUT2D eigenvalue weighted by molar-refractivity contribution is 5.85. The second-order valence-electron chi connectivity index (χ2n) is 6.68. The molecule has 3 aromatic rings. The van der Waals surface area contributed by atoms with Gasteiger partial charge in [-0.3, -0.25) is 9.48 Å². The van der Waals surface area contributed by atoms with Crippen LogP contribution < -0.4 is 20.7 Å². The number of amides is 1. The molecule has 0 aromatic carbocycles. The molecule has 1 saturated heterocycles. The van der Waals surface area contributed by atoms with Crippen LogP contribution in [0, 0.1) is 6.92 Å². The van der Waals surface area contributed by atoms with Crippen LogP contribution in [0.5, 0.6) is 5.88 Å². The van der Waals surface area contributed by atoms with Crippen LogP contribution in [-0.2, 0) is 11.8 Å². The van der Waals surface area contributed by atoms with Crippen molar-refractivity contribution in [1.29, 1.82) is 0 Å². The molecule has 1 aliphatic heterocycles. The molecule has 0 spiro atoms. The van der Waals surface area contributed by atoms with E-state index in [1.54, 1.807) is 35.7 Å². The molecular weight excluding hydrogens is 393 g/mol. The zero-order valence-electron chi connectivity index (χ0n) is 17.0. The molecular formula is C18H24FN9O2. The molecule has 4 rings (SSSR count). The lowest BCUT2D eigenvalue weighted by Gasteiger charge is -2.16. The van der Waals surface area contributed by atoms with Crippen LogP contribution in [-0.4, -0.2) is 61.6 Å². The summed E-state index contributed by atoms with van der Waals surface area (Å²) in [4.78, 5) is 20.3. The van der Waals surface area contributed by atoms with Crippen molar-refractivity contribution in [3.8, 4) is 5.88 Å². The number of carbonyl (C=O) groups excluding carboxylic acids is 1. The van der Waals surface area contributed by atoms with Crippen LogP contribution in [0.15, 0.2) is 25.0 Å². The van der Waals surface area contributed by atoms with E-state index in [9.17, 15) is 9.18 Å². The summed E-state index contributed by atoms with van der Waals surface area (Å²) >= 11 is 0. The van der Waals surface area contributed by atoms with Crippen molar-refractivity contribution in [1.82, 2.24) is 29.4 Å². The summed E-state index contributed by atoms with van der Waals surface area (Å²) in [5.74, 6) is 0.963. The molecule has 1 fully saturated rings. The molecule has 160 valence electrons. The van der Waals surface area contributed by atoms with E-state index in [0.29, 0.717) is 48.5 Å². The highest BCUT2D eigenvalue weighted by atomic mass is 19.1. The van der Waals surface area contributed by atoms with Crippen molar-refractivity contribution in [3.63, 3.8) is 0 Å². The monoisotopic (exact) mass is 417 g/mol. The highest BCUT2D eigenvalue weighted by Gasteiger charge is 2.26. The van der Waals surface area contributed by atoms with E-state index in [-0.39, 0.29) is 0 Å². The number of rotatable bonds is 5. The normalized spacial score (nSPS) is 15.6. The predicted molar refractivity (Wildman–Crippen MR) is 110 cm³/mol. The second-order valence-corrected chi connectivity index (χ2v) is 6.68. The van der Waals surface area contributed by atoms with Gasteiger partial charge in [-0.1, -0.05) is 6.58 Å². The maximum absolute atomic E-state index is 13.6. The van der Waals surface area contributed by atoms with E-state index < -0.39 is 12.1 Å². The van der Waals surface area contributed by atoms with Crippen LogP contribution in [0.1, 0.15) is 12.1 Å². The molecule has 0 bridgehead atoms. The summed E-state index contributed by atoms with van der Waals surface area (Å²) in [5, 5.41) is 11.9. The minimum Gasteiger partial charge on any atom is -0.478 e. The summed E-state index contributed by atoms with van der Waals surface area (Å²) in [7, 11) is 3.36. The highest BCUT2D eigenvalue weighted by Crippen LogP contribution is 2.28. The molecule has 4 heterocycles. The number of nitrogens with zero attached hydrogens (tertiary/aromatic N) is 7. The third kappa shape index (κ3) is 4.47. The van der Waals surface area contributed by atoms with Crippen LogP contribution in [0.25, 0.3) is 5.65 Å². The van der Waals surface area contributed by atoms with Gasteiger partial charge >= 0.3 is 0 Å². The third-order valence-corrected chi connectivity index (χ3v) is 4.38. The number of hydrogen-bond acceptors (Lipinski definition) is 8. The first-order valence-electron chi connectivity index (χ1n) is 9.20. The van der Waals surface area contributed by atoms with Crippen molar-refractivity contribution in [2.75, 3.05) is 30.4 Å². The molecule has 1 unspecified atom stereocenters. The molecule has 1 aliphatic rings. The van der Waals surface area contributed by atoms with Gasteiger partial charge in [0.05, 0.1) is 31.7 Å². The average Bonchev–Trinajstić information content (AvgIpc) is 3.41. The number of nitrogens with one attached hydrogen (secondary N) is 1. The summed E-state index contributed by atoms with van der Waals surface area (Å²) in [6.07, 6.45) is 4.21. The number of nitrogens with two attached hydrogens (primary N) is 1. The Morgan fingerprint density at radius 3 is 2.80 bits per heavy atom. The average molecular weight is 417 g/mol. The van der Waals surface area contributed by atoms with E-state index in [4.69, 9.17) is 4.74 Å². The number of fused-ring (bicyclic) bond motifs is 1. The number of anilines is 3. The second kappa shape index (κ2) is 8.76. The molecule has 12 heteroatoms. The summed E-state index contributed by atoms with van der Waals surface area (Å²) in [6.45, 7) is 5.89. The minimum atomic E-state index is -0.849. The molecule has 1 atom stereocenters. The van der Waals surface area contributed by atoms with Crippen molar-refractivity contribution in [2.45, 2.75) is 19.5 Å². The number of hydrogen-bond donors (Lipinski definition) is 2. The summed E-state index contributed by atoms with van der Waals surface area (Å²) in [5.41, 5.74) is 6.66. The Labute approximate surface area is 172 Å². The zero-order chi connectivity index (χ0) is 21.8. The van der Waals surface area contributed by atoms with Crippen molar-refractivity contribution in [3.05, 3.63) is 30.7 Å². The molecule has 1 amide bonds. The third-order valence-electron chi connectivity index (χ3n) is 4.38. The van der Waals surface area contributed by atoms with E-state index in [0.717, 1.165) is 11.8 Å². The van der Waals surface area contributed by atoms with E-state index in [1.165, 1.54) is 0 Å². The Bertz CT molecular complexity index is 1060. The number of ether oxygens (including phenoxy) is 1. The summed E-state index contributed by atoms with van der Waals surface area (Å²) < 4.78 is 22.2. The first-order chi connectivity index (χ1) is 14.3. The van der Waals surface area contributed by atoms with Crippen molar-refractivity contribution in [2.24, 2.45) is 12.8 Å². The molecule has 11 nitrogen and oxygen atoms in total. The maximum Gasteiger partial charge on any atom is 0.256 e. The number of methoxy groups -OCH3 is 1. The number of alkyl halides is 1. The molecule has 30 heavy (non-hydrogen) atoms. The van der Waals surface area contributed by atoms with E-state index >= 15 is 0 Å². The van der Waals surface area contributed by atoms with Crippen LogP contribution >= 0.6 is 0 Å². The Kier molecular flexibility index (Phi) is 6.14. The number of primary amides is 1. The van der Waals surface area contributed by atoms with E-state index in [1.807, 2.05) is 11.8 Å². The Morgan fingerprint density at radius 2 is 2.20 bits per heavy atom. The fourth-order valence-corrected chi connectivity index (χ4v) is 2.93. The largest absolute Gasteiger partial charge is 0.478 e. The number of imidazole rings is 1. The summed E-state index contributed by atoms with van der Waals surface area (Å²) in [6, 6.07) is 0. The standard InChI is InChI=1S/C15H19FN8O.C3H5NO/c1-9-6-17-13-12(18-11-8-22(2)20-14(11)25-3)19-15(21-24(9)13)23-5-4-10(16)7-23;1-2-3(4)5/h6,8,10H,4-5,7H2,1-3H3,(H,18,19,21);2H,1H2,(H2,4,5). The Morgan fingerprint density at radius 1 is 1.47 bits per heavy atom. The molecule has 3 N–H and O–H groups in total. The Hall–Kier alpha value is -3.70. The van der Waals surface area contributed by atoms with Gasteiger partial charge in [0.1, 0.15) is 11.9 Å². The van der Waals surface area contributed by atoms with Gasteiger partial charge < -0.3 is 20.7 Å². The van der Waals surface area contributed by atoms with Crippen molar-refractivity contribution >= 4 is 29.0 Å². The lowest BCUT2D eigenvalue weighted by Crippen LogP contribution is -2.24. The molecule has 0 aliphatic carbocycles. The van der Waals surface area contributed by atoms with Gasteiger partial charge in [0.15, 0.2) is 11.5 Å². The van der Waals surface area contributed by atoms with E-state index in [2.05, 4.69) is 37.8 Å². The number of aryl methyl sites for hydroxylation is 2. The minimum absolute atomic E-state index is 0.301. The topological polar surface area (TPSA) is 128 Å². The predicted octanol–water partition coefficient (Wildman–Crippen LogP) is 1.12. The molecule has 3 aromatic heterocycles. The first kappa shape index (κ1) is 21.0. The van der Waals surface area contributed by atoms with Crippen LogP contribution in [0.3, 0.4) is 0 Å².